The van der Waals surface area contributed by atoms with Gasteiger partial charge in [0.15, 0.2) is 0 Å². The predicted octanol–water partition coefficient (Wildman–Crippen LogP) is 2.33. The molecule has 0 saturated heterocycles. The molecule has 0 fully saturated rings. The molecule has 19 heavy (non-hydrogen) atoms. The zero-order valence-corrected chi connectivity index (χ0v) is 12.0. The van der Waals surface area contributed by atoms with Crippen molar-refractivity contribution in [3.63, 3.8) is 0 Å². The maximum Gasteiger partial charge on any atom is 0.342 e. The number of methoxy groups -OCH3 is 1. The van der Waals surface area contributed by atoms with Gasteiger partial charge < -0.3 is 15.2 Å². The Kier molecular flexibility index (Phi) is 7.41. The molecule has 0 spiro atoms. The van der Waals surface area contributed by atoms with Gasteiger partial charge in [0.1, 0.15) is 5.75 Å². The molecule has 0 heterocycles. The van der Waals surface area contributed by atoms with Gasteiger partial charge in [-0.05, 0) is 37.1 Å². The minimum atomic E-state index is -1.86. The van der Waals surface area contributed by atoms with E-state index in [2.05, 4.69) is 4.74 Å². The number of aryl methyl sites for hydroxylation is 1. The highest BCUT2D eigenvalue weighted by Gasteiger charge is 2.28. The van der Waals surface area contributed by atoms with E-state index in [1.54, 1.807) is 39.2 Å². The molecule has 0 radical (unpaired) electrons. The van der Waals surface area contributed by atoms with Crippen molar-refractivity contribution in [2.75, 3.05) is 13.7 Å². The molecule has 2 atom stereocenters. The zero-order valence-electron chi connectivity index (χ0n) is 11.2. The molecule has 1 aromatic carbocycles. The van der Waals surface area contributed by atoms with Gasteiger partial charge in [-0.25, -0.2) is 9.18 Å². The van der Waals surface area contributed by atoms with Crippen molar-refractivity contribution in [3.8, 4) is 5.75 Å². The molecular formula is C13H19ClFNO3. The Morgan fingerprint density at radius 2 is 2.11 bits per heavy atom. The third-order valence-electron chi connectivity index (χ3n) is 2.66. The lowest BCUT2D eigenvalue weighted by molar-refractivity contribution is -0.149. The highest BCUT2D eigenvalue weighted by atomic mass is 35.5. The minimum absolute atomic E-state index is 0. The number of rotatable bonds is 5. The van der Waals surface area contributed by atoms with Crippen LogP contribution in [-0.4, -0.2) is 25.9 Å². The molecule has 0 amide bonds. The number of halogens is 2. The van der Waals surface area contributed by atoms with E-state index in [0.717, 1.165) is 5.56 Å². The Labute approximate surface area is 118 Å². The topological polar surface area (TPSA) is 61.5 Å². The molecule has 1 unspecified atom stereocenters. The van der Waals surface area contributed by atoms with Crippen LogP contribution >= 0.6 is 12.4 Å². The molecule has 0 aliphatic heterocycles. The molecule has 0 aromatic heterocycles. The van der Waals surface area contributed by atoms with Gasteiger partial charge in [0.05, 0.1) is 19.8 Å². The van der Waals surface area contributed by atoms with Crippen molar-refractivity contribution in [2.45, 2.75) is 26.1 Å². The van der Waals surface area contributed by atoms with E-state index in [0.29, 0.717) is 11.3 Å². The van der Waals surface area contributed by atoms with E-state index in [1.165, 1.54) is 0 Å². The number of carbonyl (C=O) groups excluding carboxylic acids is 1. The van der Waals surface area contributed by atoms with E-state index < -0.39 is 18.2 Å². The molecule has 1 aromatic rings. The standard InChI is InChI=1S/C13H18FNO3.ClH/c1-4-18-13(16)11(14)12(15)10-6-5-9(17-3)7-8(10)2;/h5-7,11-12H,4,15H2,1-3H3;1H/t11?,12-;/m0./s1. The van der Waals surface area contributed by atoms with E-state index in [4.69, 9.17) is 10.5 Å². The first-order valence-corrected chi connectivity index (χ1v) is 5.72. The molecule has 2 N–H and O–H groups in total. The van der Waals surface area contributed by atoms with Crippen LogP contribution in [0.4, 0.5) is 4.39 Å². The van der Waals surface area contributed by atoms with Crippen molar-refractivity contribution in [1.82, 2.24) is 0 Å². The number of alkyl halides is 1. The summed E-state index contributed by atoms with van der Waals surface area (Å²) in [5.41, 5.74) is 7.08. The molecule has 1 rings (SSSR count). The minimum Gasteiger partial charge on any atom is -0.497 e. The van der Waals surface area contributed by atoms with Gasteiger partial charge in [0.25, 0.3) is 0 Å². The Bertz CT molecular complexity index is 428. The van der Waals surface area contributed by atoms with E-state index >= 15 is 0 Å². The number of nitrogens with two attached hydrogens (primary N) is 1. The zero-order chi connectivity index (χ0) is 13.7. The first kappa shape index (κ1) is 17.7. The summed E-state index contributed by atoms with van der Waals surface area (Å²) in [6, 6.07) is 4.05. The number of ether oxygens (including phenoxy) is 2. The Balaban J connectivity index is 0.00000324. The second-order valence-electron chi connectivity index (χ2n) is 3.90. The molecule has 0 bridgehead atoms. The number of esters is 1. The summed E-state index contributed by atoms with van der Waals surface area (Å²) >= 11 is 0. The summed E-state index contributed by atoms with van der Waals surface area (Å²) in [5.74, 6) is -0.268. The van der Waals surface area contributed by atoms with Gasteiger partial charge in [-0.15, -0.1) is 12.4 Å². The first-order valence-electron chi connectivity index (χ1n) is 5.72. The predicted molar refractivity (Wildman–Crippen MR) is 73.4 cm³/mol. The summed E-state index contributed by atoms with van der Waals surface area (Å²) in [4.78, 5) is 11.3. The van der Waals surface area contributed by atoms with Crippen LogP contribution in [0.1, 0.15) is 24.1 Å². The smallest absolute Gasteiger partial charge is 0.342 e. The summed E-state index contributed by atoms with van der Waals surface area (Å²) in [6.45, 7) is 3.54. The molecular weight excluding hydrogens is 273 g/mol. The molecule has 4 nitrogen and oxygen atoms in total. The third-order valence-corrected chi connectivity index (χ3v) is 2.66. The maximum absolute atomic E-state index is 13.8. The lowest BCUT2D eigenvalue weighted by atomic mass is 9.98. The summed E-state index contributed by atoms with van der Waals surface area (Å²) in [6.07, 6.45) is -1.86. The number of hydrogen-bond acceptors (Lipinski definition) is 4. The Hall–Kier alpha value is -1.33. The molecule has 6 heteroatoms. The fourth-order valence-electron chi connectivity index (χ4n) is 1.68. The van der Waals surface area contributed by atoms with Crippen molar-refractivity contribution in [2.24, 2.45) is 5.73 Å². The van der Waals surface area contributed by atoms with E-state index in [9.17, 15) is 9.18 Å². The van der Waals surface area contributed by atoms with Gasteiger partial charge >= 0.3 is 5.97 Å². The van der Waals surface area contributed by atoms with Crippen LogP contribution in [0.3, 0.4) is 0 Å². The SMILES string of the molecule is CCOC(=O)C(F)[C@@H](N)c1ccc(OC)cc1C.Cl. The van der Waals surface area contributed by atoms with Gasteiger partial charge in [-0.2, -0.15) is 0 Å². The van der Waals surface area contributed by atoms with Crippen LogP contribution in [0.5, 0.6) is 5.75 Å². The highest BCUT2D eigenvalue weighted by Crippen LogP contribution is 2.25. The molecule has 0 aliphatic carbocycles. The summed E-state index contributed by atoms with van der Waals surface area (Å²) < 4.78 is 23.5. The number of carbonyl (C=O) groups is 1. The molecule has 108 valence electrons. The van der Waals surface area contributed by atoms with Crippen LogP contribution in [-0.2, 0) is 9.53 Å². The van der Waals surface area contributed by atoms with Crippen molar-refractivity contribution >= 4 is 18.4 Å². The number of hydrogen-bond donors (Lipinski definition) is 1. The maximum atomic E-state index is 13.8. The molecule has 0 aliphatic rings. The van der Waals surface area contributed by atoms with Crippen LogP contribution in [0.2, 0.25) is 0 Å². The van der Waals surface area contributed by atoms with Crippen molar-refractivity contribution < 1.29 is 18.7 Å². The highest BCUT2D eigenvalue weighted by molar-refractivity contribution is 5.85. The van der Waals surface area contributed by atoms with Gasteiger partial charge in [-0.3, -0.25) is 0 Å². The van der Waals surface area contributed by atoms with Gasteiger partial charge in [0, 0.05) is 0 Å². The van der Waals surface area contributed by atoms with Crippen molar-refractivity contribution in [3.05, 3.63) is 29.3 Å². The lowest BCUT2D eigenvalue weighted by Gasteiger charge is -2.18. The van der Waals surface area contributed by atoms with Crippen LogP contribution in [0, 0.1) is 6.92 Å². The first-order chi connectivity index (χ1) is 8.51. The lowest BCUT2D eigenvalue weighted by Crippen LogP contribution is -2.32. The van der Waals surface area contributed by atoms with Crippen LogP contribution in [0.25, 0.3) is 0 Å². The Morgan fingerprint density at radius 1 is 1.47 bits per heavy atom. The van der Waals surface area contributed by atoms with Crippen molar-refractivity contribution in [1.29, 1.82) is 0 Å². The average Bonchev–Trinajstić information content (AvgIpc) is 2.37. The largest absolute Gasteiger partial charge is 0.497 e. The van der Waals surface area contributed by atoms with Crippen LogP contribution < -0.4 is 10.5 Å². The summed E-state index contributed by atoms with van der Waals surface area (Å²) in [5, 5.41) is 0. The Morgan fingerprint density at radius 3 is 2.58 bits per heavy atom. The fourth-order valence-corrected chi connectivity index (χ4v) is 1.68. The van der Waals surface area contributed by atoms with E-state index in [1.807, 2.05) is 0 Å². The fraction of sp³-hybridized carbons (Fsp3) is 0.462. The second-order valence-corrected chi connectivity index (χ2v) is 3.90. The van der Waals surface area contributed by atoms with Gasteiger partial charge in [-0.1, -0.05) is 6.07 Å². The average molecular weight is 292 g/mol. The summed E-state index contributed by atoms with van der Waals surface area (Å²) in [7, 11) is 1.55. The quantitative estimate of drug-likeness (QED) is 0.846. The normalized spacial score (nSPS) is 13.1. The molecule has 0 saturated carbocycles. The second kappa shape index (κ2) is 7.96. The third kappa shape index (κ3) is 4.36. The van der Waals surface area contributed by atoms with Gasteiger partial charge in [0.2, 0.25) is 6.17 Å². The van der Waals surface area contributed by atoms with E-state index in [-0.39, 0.29) is 19.0 Å². The monoisotopic (exact) mass is 291 g/mol. The number of benzene rings is 1. The van der Waals surface area contributed by atoms with Crippen LogP contribution in [0.15, 0.2) is 18.2 Å².